The highest BCUT2D eigenvalue weighted by Gasteiger charge is 2.31. The molecule has 0 bridgehead atoms. The summed E-state index contributed by atoms with van der Waals surface area (Å²) in [5.74, 6) is 0.381. The molecule has 18 heavy (non-hydrogen) atoms. The molecule has 1 heterocycles. The van der Waals surface area contributed by atoms with Crippen LogP contribution in [0.25, 0.3) is 0 Å². The van der Waals surface area contributed by atoms with E-state index in [2.05, 4.69) is 17.2 Å². The molecule has 0 radical (unpaired) electrons. The highest BCUT2D eigenvalue weighted by molar-refractivity contribution is 7.15. The van der Waals surface area contributed by atoms with Crippen LogP contribution in [0.3, 0.4) is 0 Å². The number of nitrogens with zero attached hydrogens (tertiary/aromatic N) is 2. The van der Waals surface area contributed by atoms with E-state index >= 15 is 0 Å². The van der Waals surface area contributed by atoms with Crippen LogP contribution in [-0.2, 0) is 6.42 Å². The second kappa shape index (κ2) is 5.67. The smallest absolute Gasteiger partial charge is 0.323 e. The molecule has 1 atom stereocenters. The number of aliphatic hydroxyl groups excluding tert-OH is 1. The molecule has 1 aromatic rings. The number of carbonyl (C=O) groups is 1. The minimum absolute atomic E-state index is 0.216. The van der Waals surface area contributed by atoms with Gasteiger partial charge in [-0.3, -0.25) is 5.32 Å². The van der Waals surface area contributed by atoms with Crippen LogP contribution in [0.2, 0.25) is 0 Å². The van der Waals surface area contributed by atoms with Crippen LogP contribution in [0.5, 0.6) is 0 Å². The Labute approximate surface area is 111 Å². The van der Waals surface area contributed by atoms with Crippen molar-refractivity contribution in [3.8, 4) is 0 Å². The predicted molar refractivity (Wildman–Crippen MR) is 71.9 cm³/mol. The van der Waals surface area contributed by atoms with E-state index in [1.165, 1.54) is 16.2 Å². The third kappa shape index (κ3) is 3.43. The van der Waals surface area contributed by atoms with Gasteiger partial charge in [0.1, 0.15) is 0 Å². The molecule has 1 saturated carbocycles. The Morgan fingerprint density at radius 1 is 1.72 bits per heavy atom. The molecule has 1 aromatic heterocycles. The molecule has 100 valence electrons. The third-order valence-corrected chi connectivity index (χ3v) is 4.15. The molecule has 1 aliphatic carbocycles. The average Bonchev–Trinajstić information content (AvgIpc) is 3.10. The Hall–Kier alpha value is -1.14. The highest BCUT2D eigenvalue weighted by atomic mass is 32.1. The number of hydrogen-bond acceptors (Lipinski definition) is 4. The fourth-order valence-corrected chi connectivity index (χ4v) is 2.45. The number of aromatic nitrogens is 1. The van der Waals surface area contributed by atoms with Gasteiger partial charge in [-0.25, -0.2) is 9.78 Å². The van der Waals surface area contributed by atoms with Crippen LogP contribution < -0.4 is 5.32 Å². The van der Waals surface area contributed by atoms with Gasteiger partial charge >= 0.3 is 6.03 Å². The van der Waals surface area contributed by atoms with E-state index in [0.717, 1.165) is 24.1 Å². The molecule has 2 rings (SSSR count). The second-order valence-electron chi connectivity index (χ2n) is 4.70. The zero-order valence-corrected chi connectivity index (χ0v) is 11.5. The maximum absolute atomic E-state index is 11.9. The van der Waals surface area contributed by atoms with E-state index in [4.69, 9.17) is 0 Å². The van der Waals surface area contributed by atoms with Crippen LogP contribution in [0.4, 0.5) is 9.93 Å². The Bertz CT molecular complexity index is 417. The first-order valence-electron chi connectivity index (χ1n) is 6.25. The number of rotatable bonds is 5. The molecule has 1 unspecified atom stereocenters. The molecule has 1 aliphatic rings. The first kappa shape index (κ1) is 13.3. The fourth-order valence-electron chi connectivity index (χ4n) is 1.71. The quantitative estimate of drug-likeness (QED) is 0.858. The van der Waals surface area contributed by atoms with Crippen LogP contribution >= 0.6 is 11.3 Å². The van der Waals surface area contributed by atoms with Crippen LogP contribution in [0.1, 0.15) is 24.6 Å². The van der Waals surface area contributed by atoms with Gasteiger partial charge in [0, 0.05) is 24.7 Å². The molecular formula is C12H19N3O2S. The molecule has 0 aromatic carbocycles. The van der Waals surface area contributed by atoms with Crippen molar-refractivity contribution in [1.29, 1.82) is 0 Å². The van der Waals surface area contributed by atoms with Gasteiger partial charge in [0.2, 0.25) is 0 Å². The molecule has 0 saturated heterocycles. The molecule has 1 fully saturated rings. The van der Waals surface area contributed by atoms with Gasteiger partial charge in [0.15, 0.2) is 5.13 Å². The molecule has 2 amide bonds. The third-order valence-electron chi connectivity index (χ3n) is 3.09. The SMILES string of the molecule is CCc1cnc(NC(=O)N(C)CC(O)C2CC2)s1. The van der Waals surface area contributed by atoms with Crippen molar-refractivity contribution in [2.24, 2.45) is 5.92 Å². The van der Waals surface area contributed by atoms with E-state index in [-0.39, 0.29) is 6.03 Å². The normalized spacial score (nSPS) is 16.4. The van der Waals surface area contributed by atoms with Gasteiger partial charge in [-0.15, -0.1) is 11.3 Å². The van der Waals surface area contributed by atoms with Gasteiger partial charge in [-0.1, -0.05) is 6.92 Å². The van der Waals surface area contributed by atoms with E-state index in [1.807, 2.05) is 0 Å². The summed E-state index contributed by atoms with van der Waals surface area (Å²) in [6.45, 7) is 2.43. The van der Waals surface area contributed by atoms with Crippen molar-refractivity contribution < 1.29 is 9.90 Å². The fraction of sp³-hybridized carbons (Fsp3) is 0.667. The number of carbonyl (C=O) groups excluding carboxylic acids is 1. The second-order valence-corrected chi connectivity index (χ2v) is 5.82. The molecule has 6 heteroatoms. The topological polar surface area (TPSA) is 65.5 Å². The Morgan fingerprint density at radius 3 is 3.00 bits per heavy atom. The van der Waals surface area contributed by atoms with E-state index in [0.29, 0.717) is 17.6 Å². The first-order chi connectivity index (χ1) is 8.60. The number of thiazole rings is 1. The molecule has 5 nitrogen and oxygen atoms in total. The highest BCUT2D eigenvalue weighted by Crippen LogP contribution is 2.32. The molecule has 0 spiro atoms. The Balaban J connectivity index is 1.82. The lowest BCUT2D eigenvalue weighted by Gasteiger charge is -2.20. The number of amides is 2. The lowest BCUT2D eigenvalue weighted by Crippen LogP contribution is -2.37. The summed E-state index contributed by atoms with van der Waals surface area (Å²) >= 11 is 1.48. The number of aliphatic hydroxyl groups is 1. The maximum atomic E-state index is 11.9. The van der Waals surface area contributed by atoms with Gasteiger partial charge in [-0.05, 0) is 25.2 Å². The lowest BCUT2D eigenvalue weighted by molar-refractivity contribution is 0.117. The van der Waals surface area contributed by atoms with Crippen LogP contribution in [0.15, 0.2) is 6.20 Å². The monoisotopic (exact) mass is 269 g/mol. The first-order valence-corrected chi connectivity index (χ1v) is 7.06. The van der Waals surface area contributed by atoms with Crippen molar-refractivity contribution >= 4 is 22.5 Å². The van der Waals surface area contributed by atoms with Crippen LogP contribution in [0, 0.1) is 5.92 Å². The summed E-state index contributed by atoms with van der Waals surface area (Å²) in [6, 6.07) is -0.216. The summed E-state index contributed by atoms with van der Waals surface area (Å²) in [6.07, 6.45) is 4.44. The largest absolute Gasteiger partial charge is 0.391 e. The Morgan fingerprint density at radius 2 is 2.44 bits per heavy atom. The van der Waals surface area contributed by atoms with E-state index in [9.17, 15) is 9.90 Å². The predicted octanol–water partition coefficient (Wildman–Crippen LogP) is 1.94. The van der Waals surface area contributed by atoms with Gasteiger partial charge < -0.3 is 10.0 Å². The van der Waals surface area contributed by atoms with Gasteiger partial charge in [0.25, 0.3) is 0 Å². The summed E-state index contributed by atoms with van der Waals surface area (Å²) < 4.78 is 0. The standard InChI is InChI=1S/C12H19N3O2S/c1-3-9-6-13-11(18-9)14-12(17)15(2)7-10(16)8-4-5-8/h6,8,10,16H,3-5,7H2,1-2H3,(H,13,14,17). The van der Waals surface area contributed by atoms with Crippen molar-refractivity contribution in [1.82, 2.24) is 9.88 Å². The minimum Gasteiger partial charge on any atom is -0.391 e. The number of hydrogen-bond donors (Lipinski definition) is 2. The minimum atomic E-state index is -0.400. The summed E-state index contributed by atoms with van der Waals surface area (Å²) in [4.78, 5) is 18.6. The van der Waals surface area contributed by atoms with Gasteiger partial charge in [0.05, 0.1) is 6.10 Å². The number of urea groups is 1. The molecule has 2 N–H and O–H groups in total. The summed E-state index contributed by atoms with van der Waals surface area (Å²) in [5, 5.41) is 13.1. The molecular weight excluding hydrogens is 250 g/mol. The van der Waals surface area contributed by atoms with Crippen molar-refractivity contribution in [3.05, 3.63) is 11.1 Å². The van der Waals surface area contributed by atoms with Crippen molar-refractivity contribution in [2.75, 3.05) is 18.9 Å². The summed E-state index contributed by atoms with van der Waals surface area (Å²) in [5.41, 5.74) is 0. The maximum Gasteiger partial charge on any atom is 0.323 e. The number of anilines is 1. The lowest BCUT2D eigenvalue weighted by atomic mass is 10.2. The van der Waals surface area contributed by atoms with Crippen LogP contribution in [-0.4, -0.2) is 40.7 Å². The summed E-state index contributed by atoms with van der Waals surface area (Å²) in [7, 11) is 1.69. The average molecular weight is 269 g/mol. The number of aryl methyl sites for hydroxylation is 1. The zero-order chi connectivity index (χ0) is 13.1. The number of nitrogens with one attached hydrogen (secondary N) is 1. The Kier molecular flexibility index (Phi) is 4.19. The van der Waals surface area contributed by atoms with E-state index in [1.54, 1.807) is 13.2 Å². The number of likely N-dealkylation sites (N-methyl/N-ethyl adjacent to an activating group) is 1. The zero-order valence-electron chi connectivity index (χ0n) is 10.7. The van der Waals surface area contributed by atoms with Gasteiger partial charge in [-0.2, -0.15) is 0 Å². The van der Waals surface area contributed by atoms with Crippen molar-refractivity contribution in [2.45, 2.75) is 32.3 Å². The van der Waals surface area contributed by atoms with Crippen molar-refractivity contribution in [3.63, 3.8) is 0 Å². The molecule has 0 aliphatic heterocycles. The van der Waals surface area contributed by atoms with E-state index < -0.39 is 6.10 Å².